The van der Waals surface area contributed by atoms with Crippen molar-refractivity contribution < 1.29 is 143 Å². The van der Waals surface area contributed by atoms with Crippen molar-refractivity contribution in [2.75, 3.05) is 71.5 Å². The summed E-state index contributed by atoms with van der Waals surface area (Å²) >= 11 is 0. The first-order chi connectivity index (χ1) is 29.5. The molecule has 2 aromatic heterocycles. The van der Waals surface area contributed by atoms with Gasteiger partial charge < -0.3 is 41.1 Å². The molecule has 8 rings (SSSR count). The van der Waals surface area contributed by atoms with Crippen molar-refractivity contribution in [3.63, 3.8) is 0 Å². The first-order valence-corrected chi connectivity index (χ1v) is 20.5. The maximum Gasteiger partial charge on any atom is 1.00 e. The first kappa shape index (κ1) is 54.9. The van der Waals surface area contributed by atoms with E-state index in [0.29, 0.717) is 17.4 Å². The van der Waals surface area contributed by atoms with Gasteiger partial charge in [0.1, 0.15) is 5.82 Å². The van der Waals surface area contributed by atoms with Crippen LogP contribution in [0.15, 0.2) is 49.1 Å². The molecular formula is C41H57FK2N10O9. The van der Waals surface area contributed by atoms with Crippen molar-refractivity contribution in [2.24, 2.45) is 14.1 Å². The third-order valence-electron chi connectivity index (χ3n) is 11.5. The SMILES string of the molecule is C1CCN(C2CCNCC2)C1.COc1cc(F)c(-c2cnn(C)c2)cc1[N+](=O)[O-].COc1cc(N2CCC(N3CCCC3)CC2)c(-c2cnn(C)c2)cc1[N+](=O)[O-].O=CO[O-].[H-].[K+].[K+]. The third kappa shape index (κ3) is 15.6. The van der Waals surface area contributed by atoms with Gasteiger partial charge in [0.25, 0.3) is 6.47 Å². The van der Waals surface area contributed by atoms with Gasteiger partial charge in [-0.25, -0.2) is 4.39 Å². The zero-order chi connectivity index (χ0) is 43.9. The number of aromatic nitrogens is 4. The number of likely N-dealkylation sites (tertiary alicyclic amines) is 2. The monoisotopic (exact) mass is 930 g/mol. The van der Waals surface area contributed by atoms with E-state index < -0.39 is 10.7 Å². The van der Waals surface area contributed by atoms with Crippen molar-refractivity contribution in [1.29, 1.82) is 0 Å². The van der Waals surface area contributed by atoms with Gasteiger partial charge in [-0.3, -0.25) is 34.4 Å². The zero-order valence-electron chi connectivity index (χ0n) is 38.2. The molecule has 4 saturated heterocycles. The number of hydrogen-bond donors (Lipinski definition) is 1. The number of nitrogens with zero attached hydrogens (tertiary/aromatic N) is 9. The normalized spacial score (nSPS) is 16.7. The fourth-order valence-corrected chi connectivity index (χ4v) is 8.41. The number of hydrogen-bond acceptors (Lipinski definition) is 15. The average molecular weight is 931 g/mol. The van der Waals surface area contributed by atoms with E-state index in [1.165, 1.54) is 103 Å². The second kappa shape index (κ2) is 27.9. The largest absolute Gasteiger partial charge is 1.00 e. The van der Waals surface area contributed by atoms with Crippen LogP contribution >= 0.6 is 0 Å². The molecule has 63 heavy (non-hydrogen) atoms. The number of carbonyl (C=O) groups excluding carboxylic acids is 1. The number of halogens is 1. The second-order valence-electron chi connectivity index (χ2n) is 15.2. The van der Waals surface area contributed by atoms with Gasteiger partial charge in [-0.1, -0.05) is 0 Å². The first-order valence-electron chi connectivity index (χ1n) is 20.5. The van der Waals surface area contributed by atoms with Crippen molar-refractivity contribution in [2.45, 2.75) is 63.5 Å². The number of piperidine rings is 2. The summed E-state index contributed by atoms with van der Waals surface area (Å²) in [5.74, 6) is -0.398. The van der Waals surface area contributed by atoms with Gasteiger partial charge in [0.15, 0.2) is 11.5 Å². The predicted molar refractivity (Wildman–Crippen MR) is 225 cm³/mol. The Labute approximate surface area is 453 Å². The average Bonchev–Trinajstić information content (AvgIpc) is 4.14. The molecule has 4 aliphatic rings. The molecule has 19 nitrogen and oxygen atoms in total. The Morgan fingerprint density at radius 1 is 0.730 bits per heavy atom. The summed E-state index contributed by atoms with van der Waals surface area (Å²) in [5, 5.41) is 42.4. The fraction of sp³-hybridized carbons (Fsp3) is 0.537. The summed E-state index contributed by atoms with van der Waals surface area (Å²) < 4.78 is 27.2. The number of carbonyl (C=O) groups is 1. The Balaban J connectivity index is 0.000000336. The van der Waals surface area contributed by atoms with Crippen LogP contribution in [0.1, 0.15) is 52.8 Å². The standard InChI is InChI=1S/C20H27N5O3.C11H10FN3O3.C9H18N2.CH2O3.2K.H/c1-22-14-15(13-21-22)17-11-19(25(26)27)20(28-2)12-18(17)24-9-5-16(6-10-24)23-7-3-4-8-23;1-14-6-7(5-13-14)8-3-10(15(16)17)11(18-2)4-9(8)12;1-2-8-11(7-1)9-3-5-10-6-4-9;2-1-4-3;;;/h11-14,16H,3-10H2,1-2H3;3-6H,1-2H3;9-10H,1-8H2;1,3H;;;/q;;;;2*+1;-1/p-1. The van der Waals surface area contributed by atoms with Crippen LogP contribution in [0, 0.1) is 26.0 Å². The molecule has 0 aliphatic carbocycles. The van der Waals surface area contributed by atoms with Crippen LogP contribution in [-0.2, 0) is 23.8 Å². The molecule has 22 heteroatoms. The number of nitrogens with one attached hydrogen (secondary N) is 1. The fourth-order valence-electron chi connectivity index (χ4n) is 8.41. The van der Waals surface area contributed by atoms with Gasteiger partial charge >= 0.3 is 114 Å². The molecule has 0 amide bonds. The maximum atomic E-state index is 13.8. The summed E-state index contributed by atoms with van der Waals surface area (Å²) in [5.41, 5.74) is 2.99. The molecule has 4 fully saturated rings. The summed E-state index contributed by atoms with van der Waals surface area (Å²) in [6, 6.07) is 7.15. The van der Waals surface area contributed by atoms with E-state index in [4.69, 9.17) is 19.5 Å². The molecule has 0 radical (unpaired) electrons. The molecule has 0 unspecified atom stereocenters. The Bertz CT molecular complexity index is 2060. The van der Waals surface area contributed by atoms with Crippen LogP contribution in [0.2, 0.25) is 0 Å². The van der Waals surface area contributed by atoms with Gasteiger partial charge in [-0.05, 0) is 90.6 Å². The second-order valence-corrected chi connectivity index (χ2v) is 15.2. The molecule has 6 heterocycles. The van der Waals surface area contributed by atoms with Gasteiger partial charge in [0.2, 0.25) is 0 Å². The summed E-state index contributed by atoms with van der Waals surface area (Å²) in [6.07, 6.45) is 17.1. The minimum absolute atomic E-state index is 0. The number of methoxy groups -OCH3 is 2. The van der Waals surface area contributed by atoms with Crippen molar-refractivity contribution in [3.05, 3.63) is 75.1 Å². The van der Waals surface area contributed by atoms with Crippen LogP contribution in [0.4, 0.5) is 21.5 Å². The molecule has 0 saturated carbocycles. The van der Waals surface area contributed by atoms with Crippen molar-refractivity contribution >= 4 is 23.5 Å². The summed E-state index contributed by atoms with van der Waals surface area (Å²) in [4.78, 5) is 40.3. The zero-order valence-corrected chi connectivity index (χ0v) is 43.5. The van der Waals surface area contributed by atoms with Gasteiger partial charge in [0.05, 0.1) is 36.5 Å². The van der Waals surface area contributed by atoms with E-state index in [1.54, 1.807) is 30.2 Å². The Morgan fingerprint density at radius 2 is 1.16 bits per heavy atom. The number of nitro groups is 2. The molecule has 4 aromatic rings. The summed E-state index contributed by atoms with van der Waals surface area (Å²) in [7, 11) is 6.27. The number of ether oxygens (including phenoxy) is 2. The topological polar surface area (TPSA) is 211 Å². The van der Waals surface area contributed by atoms with Crippen molar-refractivity contribution in [3.8, 4) is 33.8 Å². The number of nitro benzene ring substituents is 2. The minimum atomic E-state index is -0.613. The number of anilines is 1. The van der Waals surface area contributed by atoms with E-state index in [0.717, 1.165) is 60.9 Å². The Kier molecular flexibility index (Phi) is 24.3. The number of benzene rings is 2. The molecule has 0 spiro atoms. The van der Waals surface area contributed by atoms with Crippen LogP contribution in [0.3, 0.4) is 0 Å². The van der Waals surface area contributed by atoms with Crippen LogP contribution in [0.5, 0.6) is 11.5 Å². The molecule has 0 atom stereocenters. The van der Waals surface area contributed by atoms with E-state index in [1.807, 2.05) is 19.3 Å². The molecule has 2 aromatic carbocycles. The van der Waals surface area contributed by atoms with Crippen LogP contribution < -0.4 is 128 Å². The minimum Gasteiger partial charge on any atom is -1.00 e. The Morgan fingerprint density at radius 3 is 1.57 bits per heavy atom. The van der Waals surface area contributed by atoms with E-state index in [9.17, 15) is 24.6 Å². The molecular weight excluding hydrogens is 874 g/mol. The van der Waals surface area contributed by atoms with E-state index in [2.05, 4.69) is 35.1 Å². The van der Waals surface area contributed by atoms with E-state index in [-0.39, 0.29) is 138 Å². The Hall–Kier alpha value is -2.43. The van der Waals surface area contributed by atoms with Crippen LogP contribution in [0.25, 0.3) is 22.3 Å². The quantitative estimate of drug-likeness (QED) is 0.0638. The van der Waals surface area contributed by atoms with E-state index >= 15 is 0 Å². The number of rotatable bonds is 10. The molecule has 4 aliphatic heterocycles. The molecule has 334 valence electrons. The third-order valence-corrected chi connectivity index (χ3v) is 11.5. The van der Waals surface area contributed by atoms with Crippen molar-refractivity contribution in [1.82, 2.24) is 34.7 Å². The molecule has 0 bridgehead atoms. The smallest absolute Gasteiger partial charge is 1.00 e. The van der Waals surface area contributed by atoms with Gasteiger partial charge in [0, 0.05) is 104 Å². The van der Waals surface area contributed by atoms with Gasteiger partial charge in [-0.15, -0.1) is 0 Å². The number of aryl methyl sites for hydroxylation is 2. The molecule has 1 N–H and O–H groups in total. The van der Waals surface area contributed by atoms with Gasteiger partial charge in [-0.2, -0.15) is 10.2 Å². The van der Waals surface area contributed by atoms with Crippen LogP contribution in [-0.4, -0.2) is 124 Å². The summed E-state index contributed by atoms with van der Waals surface area (Å²) in [6.45, 7) is 9.34. The predicted octanol–water partition coefficient (Wildman–Crippen LogP) is -1.40. The maximum absolute atomic E-state index is 13.8.